The highest BCUT2D eigenvalue weighted by Crippen LogP contribution is 2.33. The molecule has 0 aliphatic carbocycles. The highest BCUT2D eigenvalue weighted by Gasteiger charge is 2.46. The molecule has 5 nitrogen and oxygen atoms in total. The Kier molecular flexibility index (Phi) is 5.99. The van der Waals surface area contributed by atoms with Crippen LogP contribution in [0, 0.1) is 6.92 Å². The molecule has 0 saturated heterocycles. The van der Waals surface area contributed by atoms with E-state index in [1.807, 2.05) is 80.6 Å². The van der Waals surface area contributed by atoms with Gasteiger partial charge in [-0.25, -0.2) is 0 Å². The topological polar surface area (TPSA) is 58.6 Å². The number of carbonyl (C=O) groups excluding carboxylic acids is 2. The largest absolute Gasteiger partial charge is 0.497 e. The summed E-state index contributed by atoms with van der Waals surface area (Å²) in [6.45, 7) is 4.64. The zero-order valence-electron chi connectivity index (χ0n) is 18.7. The van der Waals surface area contributed by atoms with Crippen molar-refractivity contribution in [2.75, 3.05) is 7.11 Å². The fourth-order valence-electron chi connectivity index (χ4n) is 4.28. The van der Waals surface area contributed by atoms with Crippen molar-refractivity contribution >= 4 is 11.8 Å². The Labute approximate surface area is 189 Å². The highest BCUT2D eigenvalue weighted by atomic mass is 16.5. The van der Waals surface area contributed by atoms with Crippen molar-refractivity contribution in [3.05, 3.63) is 101 Å². The van der Waals surface area contributed by atoms with Crippen LogP contribution < -0.4 is 10.1 Å². The van der Waals surface area contributed by atoms with Gasteiger partial charge < -0.3 is 15.0 Å². The van der Waals surface area contributed by atoms with Crippen molar-refractivity contribution in [1.82, 2.24) is 10.2 Å². The first-order chi connectivity index (χ1) is 15.4. The minimum Gasteiger partial charge on any atom is -0.497 e. The molecule has 4 rings (SSSR count). The zero-order chi connectivity index (χ0) is 22.7. The minimum absolute atomic E-state index is 0.115. The maximum absolute atomic E-state index is 13.5. The maximum atomic E-state index is 13.5. The van der Waals surface area contributed by atoms with Gasteiger partial charge in [0.1, 0.15) is 11.3 Å². The molecule has 3 aromatic carbocycles. The number of aryl methyl sites for hydroxylation is 1. The van der Waals surface area contributed by atoms with Gasteiger partial charge >= 0.3 is 0 Å². The molecule has 32 heavy (non-hydrogen) atoms. The Bertz CT molecular complexity index is 1140. The van der Waals surface area contributed by atoms with Crippen LogP contribution in [-0.2, 0) is 24.3 Å². The standard InChI is InChI=1S/C27H28N2O3/c1-19-7-6-8-21(15-19)18-29-25(30)24-10-5-4-9-22(24)16-27(29,2)26(31)28-17-20-11-13-23(32-3)14-12-20/h4-15H,16-18H2,1-3H3,(H,28,31). The molecule has 1 unspecified atom stereocenters. The second kappa shape index (κ2) is 8.87. The lowest BCUT2D eigenvalue weighted by molar-refractivity contribution is -0.132. The van der Waals surface area contributed by atoms with Crippen LogP contribution in [0.1, 0.15) is 39.5 Å². The van der Waals surface area contributed by atoms with E-state index < -0.39 is 5.54 Å². The number of fused-ring (bicyclic) bond motifs is 1. The van der Waals surface area contributed by atoms with Gasteiger partial charge in [-0.3, -0.25) is 9.59 Å². The van der Waals surface area contributed by atoms with Crippen LogP contribution in [-0.4, -0.2) is 29.4 Å². The zero-order valence-corrected chi connectivity index (χ0v) is 18.7. The lowest BCUT2D eigenvalue weighted by Gasteiger charge is -2.44. The van der Waals surface area contributed by atoms with Gasteiger partial charge in [-0.15, -0.1) is 0 Å². The Morgan fingerprint density at radius 1 is 1.03 bits per heavy atom. The van der Waals surface area contributed by atoms with Gasteiger partial charge in [0.05, 0.1) is 7.11 Å². The molecule has 0 saturated carbocycles. The number of hydrogen-bond donors (Lipinski definition) is 1. The molecule has 2 amide bonds. The summed E-state index contributed by atoms with van der Waals surface area (Å²) in [7, 11) is 1.62. The summed E-state index contributed by atoms with van der Waals surface area (Å²) in [5.41, 5.74) is 3.67. The third-order valence-electron chi connectivity index (χ3n) is 6.15. The SMILES string of the molecule is COc1ccc(CNC(=O)C2(C)Cc3ccccc3C(=O)N2Cc2cccc(C)c2)cc1. The average Bonchev–Trinajstić information content (AvgIpc) is 2.80. The monoisotopic (exact) mass is 428 g/mol. The Morgan fingerprint density at radius 3 is 2.50 bits per heavy atom. The van der Waals surface area contributed by atoms with Crippen molar-refractivity contribution < 1.29 is 14.3 Å². The molecule has 164 valence electrons. The summed E-state index contributed by atoms with van der Waals surface area (Å²) in [5.74, 6) is 0.491. The van der Waals surface area contributed by atoms with Gasteiger partial charge in [0.25, 0.3) is 5.91 Å². The summed E-state index contributed by atoms with van der Waals surface area (Å²) in [6, 6.07) is 23.2. The van der Waals surface area contributed by atoms with E-state index in [9.17, 15) is 9.59 Å². The molecule has 1 aliphatic heterocycles. The number of nitrogens with one attached hydrogen (secondary N) is 1. The van der Waals surface area contributed by atoms with Crippen LogP contribution in [0.15, 0.2) is 72.8 Å². The summed E-state index contributed by atoms with van der Waals surface area (Å²) < 4.78 is 5.20. The van der Waals surface area contributed by atoms with E-state index in [0.717, 1.165) is 28.0 Å². The Morgan fingerprint density at radius 2 is 1.78 bits per heavy atom. The molecule has 1 N–H and O–H groups in total. The molecule has 1 heterocycles. The van der Waals surface area contributed by atoms with Gasteiger partial charge in [0.2, 0.25) is 5.91 Å². The molecule has 0 aromatic heterocycles. The van der Waals surface area contributed by atoms with Crippen molar-refractivity contribution in [2.45, 2.75) is 38.9 Å². The second-order valence-corrected chi connectivity index (χ2v) is 8.52. The minimum atomic E-state index is -0.998. The van der Waals surface area contributed by atoms with Crippen molar-refractivity contribution in [3.8, 4) is 5.75 Å². The number of nitrogens with zero attached hydrogens (tertiary/aromatic N) is 1. The molecule has 1 aliphatic rings. The van der Waals surface area contributed by atoms with Gasteiger partial charge in [-0.05, 0) is 48.7 Å². The molecule has 1 atom stereocenters. The third-order valence-corrected chi connectivity index (χ3v) is 6.15. The first-order valence-corrected chi connectivity index (χ1v) is 10.8. The van der Waals surface area contributed by atoms with Gasteiger partial charge in [0, 0.05) is 25.1 Å². The van der Waals surface area contributed by atoms with E-state index >= 15 is 0 Å². The average molecular weight is 429 g/mol. The highest BCUT2D eigenvalue weighted by molar-refractivity contribution is 6.02. The van der Waals surface area contributed by atoms with Crippen molar-refractivity contribution in [2.24, 2.45) is 0 Å². The van der Waals surface area contributed by atoms with Crippen molar-refractivity contribution in [1.29, 1.82) is 0 Å². The van der Waals surface area contributed by atoms with E-state index in [2.05, 4.69) is 11.4 Å². The lowest BCUT2D eigenvalue weighted by atomic mass is 9.82. The van der Waals surface area contributed by atoms with Crippen LogP contribution >= 0.6 is 0 Å². The summed E-state index contributed by atoms with van der Waals surface area (Å²) >= 11 is 0. The normalized spacial score (nSPS) is 17.6. The fourth-order valence-corrected chi connectivity index (χ4v) is 4.28. The molecule has 0 bridgehead atoms. The van der Waals surface area contributed by atoms with E-state index in [-0.39, 0.29) is 11.8 Å². The van der Waals surface area contributed by atoms with Gasteiger partial charge in [-0.2, -0.15) is 0 Å². The fraction of sp³-hybridized carbons (Fsp3) is 0.259. The number of hydrogen-bond acceptors (Lipinski definition) is 3. The molecule has 0 spiro atoms. The Balaban J connectivity index is 1.62. The van der Waals surface area contributed by atoms with Gasteiger partial charge in [-0.1, -0.05) is 60.2 Å². The molecule has 0 radical (unpaired) electrons. The van der Waals surface area contributed by atoms with E-state index in [0.29, 0.717) is 25.1 Å². The predicted octanol–water partition coefficient (Wildman–Crippen LogP) is 4.28. The predicted molar refractivity (Wildman–Crippen MR) is 124 cm³/mol. The van der Waals surface area contributed by atoms with Crippen LogP contribution in [0.2, 0.25) is 0 Å². The van der Waals surface area contributed by atoms with Crippen LogP contribution in [0.5, 0.6) is 5.75 Å². The molecule has 5 heteroatoms. The van der Waals surface area contributed by atoms with E-state index in [1.165, 1.54) is 0 Å². The molecule has 0 fully saturated rings. The molecular weight excluding hydrogens is 400 g/mol. The van der Waals surface area contributed by atoms with Crippen LogP contribution in [0.4, 0.5) is 0 Å². The van der Waals surface area contributed by atoms with Crippen LogP contribution in [0.3, 0.4) is 0 Å². The molecule has 3 aromatic rings. The summed E-state index contributed by atoms with van der Waals surface area (Å²) in [5, 5.41) is 3.05. The first-order valence-electron chi connectivity index (χ1n) is 10.8. The van der Waals surface area contributed by atoms with Crippen LogP contribution in [0.25, 0.3) is 0 Å². The molecular formula is C27H28N2O3. The first kappa shape index (κ1) is 21.6. The van der Waals surface area contributed by atoms with E-state index in [1.54, 1.807) is 12.0 Å². The number of methoxy groups -OCH3 is 1. The number of ether oxygens (including phenoxy) is 1. The van der Waals surface area contributed by atoms with Crippen molar-refractivity contribution in [3.63, 3.8) is 0 Å². The Hall–Kier alpha value is -3.60. The lowest BCUT2D eigenvalue weighted by Crippen LogP contribution is -2.62. The number of rotatable bonds is 6. The summed E-state index contributed by atoms with van der Waals surface area (Å²) in [6.07, 6.45) is 0.467. The van der Waals surface area contributed by atoms with E-state index in [4.69, 9.17) is 4.74 Å². The second-order valence-electron chi connectivity index (χ2n) is 8.52. The number of amides is 2. The maximum Gasteiger partial charge on any atom is 0.255 e. The quantitative estimate of drug-likeness (QED) is 0.638. The smallest absolute Gasteiger partial charge is 0.255 e. The van der Waals surface area contributed by atoms with Gasteiger partial charge in [0.15, 0.2) is 0 Å². The summed E-state index contributed by atoms with van der Waals surface area (Å²) in [4.78, 5) is 28.7. The number of carbonyl (C=O) groups is 2. The third kappa shape index (κ3) is 4.24. The number of benzene rings is 3.